The van der Waals surface area contributed by atoms with Crippen molar-refractivity contribution in [2.24, 2.45) is 17.6 Å². The molecule has 0 radical (unpaired) electrons. The molecule has 1 rings (SSSR count). The highest BCUT2D eigenvalue weighted by Gasteiger charge is 2.42. The molecular formula is C9H17NO2. The minimum absolute atomic E-state index is 0.110. The van der Waals surface area contributed by atoms with Gasteiger partial charge in [-0.1, -0.05) is 13.8 Å². The molecule has 3 heteroatoms. The highest BCUT2D eigenvalue weighted by atomic mass is 16.4. The summed E-state index contributed by atoms with van der Waals surface area (Å²) in [5.41, 5.74) is 5.56. The molecule has 1 fully saturated rings. The molecule has 3 N–H and O–H groups in total. The highest BCUT2D eigenvalue weighted by Crippen LogP contribution is 2.39. The lowest BCUT2D eigenvalue weighted by atomic mass is 9.83. The van der Waals surface area contributed by atoms with Crippen LogP contribution in [0.1, 0.15) is 33.1 Å². The zero-order valence-electron chi connectivity index (χ0n) is 7.71. The van der Waals surface area contributed by atoms with E-state index in [0.29, 0.717) is 11.8 Å². The van der Waals surface area contributed by atoms with Crippen LogP contribution in [0.2, 0.25) is 0 Å². The maximum atomic E-state index is 10.5. The summed E-state index contributed by atoms with van der Waals surface area (Å²) in [6.07, 6.45) is 2.02. The van der Waals surface area contributed by atoms with Crippen LogP contribution in [-0.4, -0.2) is 16.6 Å². The van der Waals surface area contributed by atoms with Gasteiger partial charge in [0.15, 0.2) is 0 Å². The summed E-state index contributed by atoms with van der Waals surface area (Å²) in [4.78, 5) is 10.5. The predicted molar refractivity (Wildman–Crippen MR) is 46.7 cm³/mol. The highest BCUT2D eigenvalue weighted by molar-refractivity contribution is 5.68. The number of carbonyl (C=O) groups is 1. The van der Waals surface area contributed by atoms with E-state index in [-0.39, 0.29) is 6.42 Å². The van der Waals surface area contributed by atoms with Crippen LogP contribution in [0, 0.1) is 11.8 Å². The van der Waals surface area contributed by atoms with Crippen LogP contribution in [0.5, 0.6) is 0 Å². The number of carboxylic acid groups (broad SMARTS) is 1. The summed E-state index contributed by atoms with van der Waals surface area (Å²) in [5, 5.41) is 8.66. The van der Waals surface area contributed by atoms with Gasteiger partial charge in [-0.05, 0) is 24.7 Å². The molecule has 0 aromatic heterocycles. The maximum absolute atomic E-state index is 10.5. The van der Waals surface area contributed by atoms with E-state index in [4.69, 9.17) is 10.8 Å². The Hall–Kier alpha value is -0.570. The van der Waals surface area contributed by atoms with Crippen LogP contribution in [0.4, 0.5) is 0 Å². The first-order valence-electron chi connectivity index (χ1n) is 4.46. The van der Waals surface area contributed by atoms with E-state index in [9.17, 15) is 4.79 Å². The van der Waals surface area contributed by atoms with Crippen molar-refractivity contribution >= 4 is 5.97 Å². The molecule has 0 aromatic rings. The molecule has 0 amide bonds. The van der Waals surface area contributed by atoms with Crippen molar-refractivity contribution in [3.63, 3.8) is 0 Å². The number of hydrogen-bond donors (Lipinski definition) is 2. The van der Waals surface area contributed by atoms with Gasteiger partial charge in [-0.3, -0.25) is 4.79 Å². The number of nitrogens with two attached hydrogens (primary N) is 1. The first kappa shape index (κ1) is 9.52. The van der Waals surface area contributed by atoms with Gasteiger partial charge in [0, 0.05) is 5.54 Å². The third kappa shape index (κ3) is 1.61. The van der Waals surface area contributed by atoms with Gasteiger partial charge in [0.25, 0.3) is 0 Å². The number of hydrogen-bond acceptors (Lipinski definition) is 2. The summed E-state index contributed by atoms with van der Waals surface area (Å²) >= 11 is 0. The Bertz CT molecular complexity index is 193. The SMILES string of the molecule is CC1CCC(N)(CC(=O)O)C1C. The quantitative estimate of drug-likeness (QED) is 0.656. The molecule has 0 aromatic carbocycles. The molecule has 0 aliphatic heterocycles. The van der Waals surface area contributed by atoms with E-state index < -0.39 is 11.5 Å². The Morgan fingerprint density at radius 3 is 2.58 bits per heavy atom. The largest absolute Gasteiger partial charge is 0.481 e. The van der Waals surface area contributed by atoms with Crippen molar-refractivity contribution in [2.45, 2.75) is 38.6 Å². The second-order valence-electron chi connectivity index (χ2n) is 4.11. The Labute approximate surface area is 72.9 Å². The van der Waals surface area contributed by atoms with Crippen LogP contribution in [0.3, 0.4) is 0 Å². The van der Waals surface area contributed by atoms with Crippen molar-refractivity contribution in [3.05, 3.63) is 0 Å². The molecule has 0 heterocycles. The number of aliphatic carboxylic acids is 1. The normalized spacial score (nSPS) is 41.6. The summed E-state index contributed by atoms with van der Waals surface area (Å²) < 4.78 is 0. The second kappa shape index (κ2) is 3.05. The predicted octanol–water partition coefficient (Wildman–Crippen LogP) is 1.22. The van der Waals surface area contributed by atoms with Crippen molar-refractivity contribution in [3.8, 4) is 0 Å². The standard InChI is InChI=1S/C9H17NO2/c1-6-3-4-9(10,7(6)2)5-8(11)12/h6-7H,3-5,10H2,1-2H3,(H,11,12). The van der Waals surface area contributed by atoms with E-state index in [1.54, 1.807) is 0 Å². The van der Waals surface area contributed by atoms with Crippen molar-refractivity contribution in [1.82, 2.24) is 0 Å². The van der Waals surface area contributed by atoms with Gasteiger partial charge < -0.3 is 10.8 Å². The van der Waals surface area contributed by atoms with Gasteiger partial charge in [0.05, 0.1) is 6.42 Å². The van der Waals surface area contributed by atoms with Gasteiger partial charge >= 0.3 is 5.97 Å². The van der Waals surface area contributed by atoms with Gasteiger partial charge in [-0.25, -0.2) is 0 Å². The lowest BCUT2D eigenvalue weighted by molar-refractivity contribution is -0.138. The molecule has 0 saturated heterocycles. The third-order valence-corrected chi connectivity index (χ3v) is 3.31. The van der Waals surface area contributed by atoms with Crippen LogP contribution in [0.25, 0.3) is 0 Å². The lowest BCUT2D eigenvalue weighted by Crippen LogP contribution is -2.45. The van der Waals surface area contributed by atoms with Crippen molar-refractivity contribution in [2.75, 3.05) is 0 Å². The smallest absolute Gasteiger partial charge is 0.305 e. The fraction of sp³-hybridized carbons (Fsp3) is 0.889. The first-order valence-corrected chi connectivity index (χ1v) is 4.46. The molecule has 3 atom stereocenters. The molecule has 12 heavy (non-hydrogen) atoms. The monoisotopic (exact) mass is 171 g/mol. The molecule has 3 nitrogen and oxygen atoms in total. The molecule has 70 valence electrons. The van der Waals surface area contributed by atoms with E-state index in [1.165, 1.54) is 0 Å². The van der Waals surface area contributed by atoms with Gasteiger partial charge in [-0.15, -0.1) is 0 Å². The van der Waals surface area contributed by atoms with E-state index >= 15 is 0 Å². The fourth-order valence-corrected chi connectivity index (χ4v) is 2.07. The Morgan fingerprint density at radius 2 is 2.25 bits per heavy atom. The number of rotatable bonds is 2. The number of carboxylic acids is 1. The molecule has 1 aliphatic carbocycles. The first-order chi connectivity index (χ1) is 5.46. The van der Waals surface area contributed by atoms with Gasteiger partial charge in [-0.2, -0.15) is 0 Å². The van der Waals surface area contributed by atoms with Crippen LogP contribution in [0.15, 0.2) is 0 Å². The summed E-state index contributed by atoms with van der Waals surface area (Å²) in [7, 11) is 0. The Morgan fingerprint density at radius 1 is 1.67 bits per heavy atom. The molecule has 0 spiro atoms. The third-order valence-electron chi connectivity index (χ3n) is 3.31. The minimum Gasteiger partial charge on any atom is -0.481 e. The zero-order valence-corrected chi connectivity index (χ0v) is 7.71. The van der Waals surface area contributed by atoms with Gasteiger partial charge in [0.1, 0.15) is 0 Å². The van der Waals surface area contributed by atoms with E-state index in [0.717, 1.165) is 12.8 Å². The summed E-state index contributed by atoms with van der Waals surface area (Å²) in [5.74, 6) is 0.112. The Kier molecular flexibility index (Phi) is 2.42. The topological polar surface area (TPSA) is 63.3 Å². The minimum atomic E-state index is -0.779. The van der Waals surface area contributed by atoms with E-state index in [1.807, 2.05) is 0 Å². The summed E-state index contributed by atoms with van der Waals surface area (Å²) in [6.45, 7) is 4.20. The molecule has 3 unspecified atom stereocenters. The van der Waals surface area contributed by atoms with E-state index in [2.05, 4.69) is 13.8 Å². The molecular weight excluding hydrogens is 154 g/mol. The molecule has 0 bridgehead atoms. The van der Waals surface area contributed by atoms with Gasteiger partial charge in [0.2, 0.25) is 0 Å². The fourth-order valence-electron chi connectivity index (χ4n) is 2.07. The van der Waals surface area contributed by atoms with Crippen LogP contribution in [-0.2, 0) is 4.79 Å². The average Bonchev–Trinajstić information content (AvgIpc) is 2.16. The lowest BCUT2D eigenvalue weighted by Gasteiger charge is -2.28. The van der Waals surface area contributed by atoms with Crippen LogP contribution >= 0.6 is 0 Å². The molecule has 1 saturated carbocycles. The van der Waals surface area contributed by atoms with Crippen molar-refractivity contribution < 1.29 is 9.90 Å². The zero-order chi connectivity index (χ0) is 9.35. The molecule has 1 aliphatic rings. The Balaban J connectivity index is 2.65. The average molecular weight is 171 g/mol. The van der Waals surface area contributed by atoms with Crippen LogP contribution < -0.4 is 5.73 Å². The van der Waals surface area contributed by atoms with Crippen molar-refractivity contribution in [1.29, 1.82) is 0 Å². The maximum Gasteiger partial charge on any atom is 0.305 e. The summed E-state index contributed by atoms with van der Waals surface area (Å²) in [6, 6.07) is 0. The second-order valence-corrected chi connectivity index (χ2v) is 4.11.